The van der Waals surface area contributed by atoms with Crippen LogP contribution in [0, 0.1) is 6.92 Å². The highest BCUT2D eigenvalue weighted by Gasteiger charge is 2.15. The molecule has 0 fully saturated rings. The number of amides is 1. The first-order chi connectivity index (χ1) is 12.9. The highest BCUT2D eigenvalue weighted by molar-refractivity contribution is 7.99. The molecule has 142 valence electrons. The molecule has 0 aliphatic carbocycles. The van der Waals surface area contributed by atoms with Gasteiger partial charge < -0.3 is 14.9 Å². The van der Waals surface area contributed by atoms with Crippen molar-refractivity contribution in [3.63, 3.8) is 0 Å². The van der Waals surface area contributed by atoms with Crippen LogP contribution in [0.5, 0.6) is 0 Å². The zero-order valence-electron chi connectivity index (χ0n) is 14.3. The fourth-order valence-electron chi connectivity index (χ4n) is 2.35. The zero-order chi connectivity index (χ0) is 19.4. The number of carbonyl (C=O) groups is 2. The lowest BCUT2D eigenvalue weighted by Gasteiger charge is -2.11. The summed E-state index contributed by atoms with van der Waals surface area (Å²) < 4.78 is 6.83. The minimum absolute atomic E-state index is 0.0208. The molecule has 3 aromatic heterocycles. The number of rotatable bonds is 8. The lowest BCUT2D eigenvalue weighted by Crippen LogP contribution is -2.24. The van der Waals surface area contributed by atoms with E-state index in [9.17, 15) is 14.4 Å². The number of carbonyl (C=O) groups excluding carboxylic acids is 1. The molecule has 0 saturated heterocycles. The van der Waals surface area contributed by atoms with E-state index in [1.165, 1.54) is 15.9 Å². The first-order valence-electron chi connectivity index (χ1n) is 8.00. The number of aromatic nitrogens is 3. The molecule has 9 nitrogen and oxygen atoms in total. The first kappa shape index (κ1) is 19.1. The Bertz CT molecular complexity index is 1040. The van der Waals surface area contributed by atoms with Gasteiger partial charge in [0.1, 0.15) is 10.5 Å². The van der Waals surface area contributed by atoms with Crippen LogP contribution in [0.2, 0.25) is 0 Å². The van der Waals surface area contributed by atoms with Crippen LogP contribution in [0.1, 0.15) is 18.6 Å². The number of carboxylic acids is 1. The SMILES string of the molecule is Cc1cc(NC(=O)CSc2nc3ccsc3c(=O)n2CCCC(=O)O)no1. The van der Waals surface area contributed by atoms with E-state index in [0.717, 1.165) is 11.8 Å². The Morgan fingerprint density at radius 2 is 2.26 bits per heavy atom. The molecule has 0 aliphatic heterocycles. The molecular formula is C16H16N4O5S2. The third-order valence-electron chi connectivity index (χ3n) is 3.53. The van der Waals surface area contributed by atoms with Crippen molar-refractivity contribution < 1.29 is 19.2 Å². The molecule has 3 heterocycles. The summed E-state index contributed by atoms with van der Waals surface area (Å²) in [7, 11) is 0. The minimum Gasteiger partial charge on any atom is -0.481 e. The van der Waals surface area contributed by atoms with Gasteiger partial charge in [0.2, 0.25) is 5.91 Å². The van der Waals surface area contributed by atoms with Crippen molar-refractivity contribution >= 4 is 51.0 Å². The Hall–Kier alpha value is -2.66. The van der Waals surface area contributed by atoms with Crippen molar-refractivity contribution in [2.45, 2.75) is 31.5 Å². The molecule has 27 heavy (non-hydrogen) atoms. The molecule has 3 rings (SSSR count). The predicted molar refractivity (Wildman–Crippen MR) is 101 cm³/mol. The average molecular weight is 408 g/mol. The van der Waals surface area contributed by atoms with Crippen LogP contribution in [0.25, 0.3) is 10.2 Å². The summed E-state index contributed by atoms with van der Waals surface area (Å²) in [5.41, 5.74) is 0.338. The molecule has 0 radical (unpaired) electrons. The van der Waals surface area contributed by atoms with Gasteiger partial charge in [-0.25, -0.2) is 4.98 Å². The lowest BCUT2D eigenvalue weighted by molar-refractivity contribution is -0.137. The molecule has 0 atom stereocenters. The van der Waals surface area contributed by atoms with E-state index < -0.39 is 5.97 Å². The van der Waals surface area contributed by atoms with Gasteiger partial charge in [-0.3, -0.25) is 19.0 Å². The third-order valence-corrected chi connectivity index (χ3v) is 5.40. The van der Waals surface area contributed by atoms with Crippen molar-refractivity contribution in [1.82, 2.24) is 14.7 Å². The summed E-state index contributed by atoms with van der Waals surface area (Å²) in [5, 5.41) is 17.3. The van der Waals surface area contributed by atoms with Gasteiger partial charge in [0.05, 0.1) is 11.3 Å². The van der Waals surface area contributed by atoms with Crippen molar-refractivity contribution in [3.05, 3.63) is 33.6 Å². The number of hydrogen-bond acceptors (Lipinski definition) is 8. The van der Waals surface area contributed by atoms with Gasteiger partial charge in [0.25, 0.3) is 5.56 Å². The maximum absolute atomic E-state index is 12.7. The van der Waals surface area contributed by atoms with Crippen molar-refractivity contribution in [2.75, 3.05) is 11.1 Å². The Balaban J connectivity index is 1.76. The highest BCUT2D eigenvalue weighted by Crippen LogP contribution is 2.21. The van der Waals surface area contributed by atoms with Crippen molar-refractivity contribution in [3.8, 4) is 0 Å². The predicted octanol–water partition coefficient (Wildman–Crippen LogP) is 2.35. The number of fused-ring (bicyclic) bond motifs is 1. The van der Waals surface area contributed by atoms with Crippen LogP contribution in [0.3, 0.4) is 0 Å². The fourth-order valence-corrected chi connectivity index (χ4v) is 3.96. The van der Waals surface area contributed by atoms with Gasteiger partial charge in [-0.1, -0.05) is 16.9 Å². The van der Waals surface area contributed by atoms with E-state index in [-0.39, 0.29) is 30.2 Å². The number of aryl methyl sites for hydroxylation is 1. The van der Waals surface area contributed by atoms with E-state index in [1.807, 2.05) is 0 Å². The van der Waals surface area contributed by atoms with Gasteiger partial charge in [0, 0.05) is 19.0 Å². The van der Waals surface area contributed by atoms with Gasteiger partial charge in [-0.2, -0.15) is 0 Å². The normalized spacial score (nSPS) is 11.0. The number of nitrogens with one attached hydrogen (secondary N) is 1. The third kappa shape index (κ3) is 4.74. The summed E-state index contributed by atoms with van der Waals surface area (Å²) in [6.45, 7) is 1.94. The molecule has 3 aromatic rings. The molecule has 0 bridgehead atoms. The number of nitrogens with zero attached hydrogens (tertiary/aromatic N) is 3. The Kier molecular flexibility index (Phi) is 5.91. The second kappa shape index (κ2) is 8.35. The van der Waals surface area contributed by atoms with Crippen LogP contribution < -0.4 is 10.9 Å². The minimum atomic E-state index is -0.926. The van der Waals surface area contributed by atoms with Gasteiger partial charge in [0.15, 0.2) is 11.0 Å². The molecule has 0 aromatic carbocycles. The fraction of sp³-hybridized carbons (Fsp3) is 0.312. The number of anilines is 1. The van der Waals surface area contributed by atoms with Gasteiger partial charge in [-0.15, -0.1) is 11.3 Å². The first-order valence-corrected chi connectivity index (χ1v) is 9.86. The van der Waals surface area contributed by atoms with E-state index in [0.29, 0.717) is 33.4 Å². The van der Waals surface area contributed by atoms with Gasteiger partial charge >= 0.3 is 5.97 Å². The summed E-state index contributed by atoms with van der Waals surface area (Å²) >= 11 is 2.40. The Labute approximate surface area is 161 Å². The molecule has 0 spiro atoms. The Morgan fingerprint density at radius 3 is 2.96 bits per heavy atom. The monoisotopic (exact) mass is 408 g/mol. The molecule has 2 N–H and O–H groups in total. The largest absolute Gasteiger partial charge is 0.481 e. The molecule has 1 amide bonds. The summed E-state index contributed by atoms with van der Waals surface area (Å²) in [6, 6.07) is 3.34. The zero-order valence-corrected chi connectivity index (χ0v) is 15.9. The van der Waals surface area contributed by atoms with Crippen LogP contribution in [0.15, 0.2) is 32.0 Å². The number of aliphatic carboxylic acids is 1. The maximum atomic E-state index is 12.7. The average Bonchev–Trinajstić information content (AvgIpc) is 3.24. The summed E-state index contributed by atoms with van der Waals surface area (Å²) in [5.74, 6) is -0.324. The second-order valence-corrected chi connectivity index (χ2v) is 7.50. The van der Waals surface area contributed by atoms with Crippen molar-refractivity contribution in [1.29, 1.82) is 0 Å². The molecule has 0 aliphatic rings. The van der Waals surface area contributed by atoms with Crippen LogP contribution in [-0.2, 0) is 16.1 Å². The smallest absolute Gasteiger partial charge is 0.303 e. The molecule has 11 heteroatoms. The summed E-state index contributed by atoms with van der Waals surface area (Å²) in [4.78, 5) is 40.0. The number of thiophene rings is 1. The van der Waals surface area contributed by atoms with E-state index in [2.05, 4.69) is 15.5 Å². The van der Waals surface area contributed by atoms with Crippen LogP contribution in [-0.4, -0.2) is 37.4 Å². The molecular weight excluding hydrogens is 392 g/mol. The number of thioether (sulfide) groups is 1. The summed E-state index contributed by atoms with van der Waals surface area (Å²) in [6.07, 6.45) is 0.247. The van der Waals surface area contributed by atoms with Crippen LogP contribution in [0.4, 0.5) is 5.82 Å². The number of carboxylic acid groups (broad SMARTS) is 1. The maximum Gasteiger partial charge on any atom is 0.303 e. The number of hydrogen-bond donors (Lipinski definition) is 2. The van der Waals surface area contributed by atoms with E-state index in [1.54, 1.807) is 24.4 Å². The van der Waals surface area contributed by atoms with Gasteiger partial charge in [-0.05, 0) is 24.8 Å². The Morgan fingerprint density at radius 1 is 1.44 bits per heavy atom. The van der Waals surface area contributed by atoms with E-state index >= 15 is 0 Å². The highest BCUT2D eigenvalue weighted by atomic mass is 32.2. The topological polar surface area (TPSA) is 127 Å². The standard InChI is InChI=1S/C16H16N4O5S2/c1-9-7-11(19-25-9)18-12(21)8-27-16-17-10-4-6-26-14(10)15(24)20(16)5-2-3-13(22)23/h4,6-7H,2-3,5,8H2,1H3,(H,22,23)(H,18,19,21). The molecule has 0 saturated carbocycles. The van der Waals surface area contributed by atoms with Crippen molar-refractivity contribution in [2.24, 2.45) is 0 Å². The molecule has 0 unspecified atom stereocenters. The quantitative estimate of drug-likeness (QED) is 0.429. The lowest BCUT2D eigenvalue weighted by atomic mass is 10.3. The van der Waals surface area contributed by atoms with Crippen LogP contribution >= 0.6 is 23.1 Å². The second-order valence-electron chi connectivity index (χ2n) is 5.64. The van der Waals surface area contributed by atoms with E-state index in [4.69, 9.17) is 9.63 Å².